The highest BCUT2D eigenvalue weighted by molar-refractivity contribution is 7.54. The minimum absolute atomic E-state index is 0.0242. The van der Waals surface area contributed by atoms with Gasteiger partial charge in [0.25, 0.3) is 0 Å². The van der Waals surface area contributed by atoms with Crippen molar-refractivity contribution in [3.63, 3.8) is 0 Å². The largest absolute Gasteiger partial charge is 0.338 e. The van der Waals surface area contributed by atoms with Crippen LogP contribution in [0.1, 0.15) is 53.4 Å². The Labute approximate surface area is 111 Å². The minimum atomic E-state index is -3.21. The Kier molecular flexibility index (Phi) is 9.61. The lowest BCUT2D eigenvalue weighted by atomic mass is 9.99. The molecule has 0 aliphatic carbocycles. The van der Waals surface area contributed by atoms with Crippen molar-refractivity contribution in [3.05, 3.63) is 0 Å². The third-order valence-electron chi connectivity index (χ3n) is 2.65. The van der Waals surface area contributed by atoms with Crippen LogP contribution in [0.25, 0.3) is 0 Å². The lowest BCUT2D eigenvalue weighted by molar-refractivity contribution is -0.117. The summed E-state index contributed by atoms with van der Waals surface area (Å²) in [6.07, 6.45) is 3.67. The van der Waals surface area contributed by atoms with E-state index in [0.29, 0.717) is 25.6 Å². The molecule has 0 saturated heterocycles. The van der Waals surface area contributed by atoms with E-state index in [2.05, 4.69) is 13.8 Å². The summed E-state index contributed by atoms with van der Waals surface area (Å²) in [6, 6.07) is 0. The van der Waals surface area contributed by atoms with Crippen LogP contribution in [0.2, 0.25) is 0 Å². The summed E-state index contributed by atoms with van der Waals surface area (Å²) in [5, 5.41) is 0. The fourth-order valence-electron chi connectivity index (χ4n) is 1.85. The molecule has 4 nitrogen and oxygen atoms in total. The Balaban J connectivity index is 4.21. The van der Waals surface area contributed by atoms with Crippen molar-refractivity contribution in [1.29, 1.82) is 0 Å². The van der Waals surface area contributed by atoms with E-state index < -0.39 is 7.60 Å². The van der Waals surface area contributed by atoms with E-state index in [1.54, 1.807) is 13.8 Å². The fraction of sp³-hybridized carbons (Fsp3) is 0.923. The van der Waals surface area contributed by atoms with Crippen LogP contribution < -0.4 is 0 Å². The molecule has 0 spiro atoms. The summed E-state index contributed by atoms with van der Waals surface area (Å²) in [5.41, 5.74) is 0. The van der Waals surface area contributed by atoms with Gasteiger partial charge in [0.15, 0.2) is 0 Å². The predicted molar refractivity (Wildman–Crippen MR) is 74.0 cm³/mol. The molecular weight excluding hydrogens is 251 g/mol. The molecule has 0 aromatic rings. The SMILES string of the molecule is CCCC[C@H](C)CC(=O)CP(=O)(OCC)OCC. The molecular formula is C13H27O4P. The topological polar surface area (TPSA) is 52.6 Å². The van der Waals surface area contributed by atoms with Gasteiger partial charge >= 0.3 is 7.60 Å². The summed E-state index contributed by atoms with van der Waals surface area (Å²) in [4.78, 5) is 11.8. The van der Waals surface area contributed by atoms with Gasteiger partial charge in [-0.1, -0.05) is 33.1 Å². The number of carbonyl (C=O) groups is 1. The van der Waals surface area contributed by atoms with Crippen LogP contribution >= 0.6 is 7.60 Å². The zero-order valence-electron chi connectivity index (χ0n) is 12.1. The van der Waals surface area contributed by atoms with Gasteiger partial charge in [-0.3, -0.25) is 9.36 Å². The van der Waals surface area contributed by atoms with Crippen LogP contribution in [0, 0.1) is 5.92 Å². The summed E-state index contributed by atoms with van der Waals surface area (Å²) in [6.45, 7) is 8.29. The van der Waals surface area contributed by atoms with E-state index in [-0.39, 0.29) is 11.9 Å². The fourth-order valence-corrected chi connectivity index (χ4v) is 3.45. The number of unbranched alkanes of at least 4 members (excludes halogenated alkanes) is 1. The van der Waals surface area contributed by atoms with Crippen LogP contribution in [-0.2, 0) is 18.4 Å². The number of carbonyl (C=O) groups excluding carboxylic acids is 1. The van der Waals surface area contributed by atoms with Gasteiger partial charge in [-0.05, 0) is 19.8 Å². The van der Waals surface area contributed by atoms with Crippen LogP contribution in [0.4, 0.5) is 0 Å². The molecule has 5 heteroatoms. The van der Waals surface area contributed by atoms with Gasteiger partial charge in [0.2, 0.25) is 0 Å². The molecule has 0 N–H and O–H groups in total. The first-order chi connectivity index (χ1) is 8.47. The van der Waals surface area contributed by atoms with E-state index in [9.17, 15) is 9.36 Å². The zero-order valence-corrected chi connectivity index (χ0v) is 13.0. The minimum Gasteiger partial charge on any atom is -0.309 e. The first-order valence-corrected chi connectivity index (χ1v) is 8.60. The van der Waals surface area contributed by atoms with E-state index >= 15 is 0 Å². The molecule has 0 heterocycles. The first-order valence-electron chi connectivity index (χ1n) is 6.87. The second-order valence-corrected chi connectivity index (χ2v) is 6.65. The van der Waals surface area contributed by atoms with E-state index in [1.807, 2.05) is 0 Å². The van der Waals surface area contributed by atoms with Crippen molar-refractivity contribution in [3.8, 4) is 0 Å². The molecule has 18 heavy (non-hydrogen) atoms. The molecule has 0 aromatic heterocycles. The standard InChI is InChI=1S/C13H27O4P/c1-5-8-9-12(4)10-13(14)11-18(15,16-6-2)17-7-3/h12H,5-11H2,1-4H3/t12-/m0/s1. The summed E-state index contributed by atoms with van der Waals surface area (Å²) in [5.74, 6) is 0.318. The number of rotatable bonds is 11. The lowest BCUT2D eigenvalue weighted by Crippen LogP contribution is -2.13. The van der Waals surface area contributed by atoms with Gasteiger partial charge < -0.3 is 9.05 Å². The Bertz CT molecular complexity index is 268. The molecule has 0 fully saturated rings. The van der Waals surface area contributed by atoms with Crippen LogP contribution in [-0.4, -0.2) is 25.2 Å². The summed E-state index contributed by atoms with van der Waals surface area (Å²) in [7, 11) is -3.21. The monoisotopic (exact) mass is 278 g/mol. The molecule has 0 bridgehead atoms. The third kappa shape index (κ3) is 8.02. The second-order valence-electron chi connectivity index (χ2n) is 4.59. The third-order valence-corrected chi connectivity index (χ3v) is 4.69. The lowest BCUT2D eigenvalue weighted by Gasteiger charge is -2.17. The van der Waals surface area contributed by atoms with Crippen molar-refractivity contribution < 1.29 is 18.4 Å². The van der Waals surface area contributed by atoms with E-state index in [1.165, 1.54) is 0 Å². The molecule has 0 aliphatic rings. The molecule has 0 saturated carbocycles. The number of hydrogen-bond donors (Lipinski definition) is 0. The van der Waals surface area contributed by atoms with E-state index in [4.69, 9.17) is 9.05 Å². The maximum atomic E-state index is 12.2. The normalized spacial score (nSPS) is 13.6. The Hall–Kier alpha value is -0.180. The van der Waals surface area contributed by atoms with Crippen LogP contribution in [0.15, 0.2) is 0 Å². The van der Waals surface area contributed by atoms with Crippen molar-refractivity contribution in [1.82, 2.24) is 0 Å². The Morgan fingerprint density at radius 2 is 1.72 bits per heavy atom. The summed E-state index contributed by atoms with van der Waals surface area (Å²) < 4.78 is 22.4. The van der Waals surface area contributed by atoms with Crippen molar-refractivity contribution in [2.24, 2.45) is 5.92 Å². The van der Waals surface area contributed by atoms with Crippen molar-refractivity contribution >= 4 is 13.4 Å². The van der Waals surface area contributed by atoms with E-state index in [0.717, 1.165) is 19.3 Å². The maximum absolute atomic E-state index is 12.2. The molecule has 0 aliphatic heterocycles. The van der Waals surface area contributed by atoms with Crippen LogP contribution in [0.5, 0.6) is 0 Å². The van der Waals surface area contributed by atoms with Gasteiger partial charge in [-0.2, -0.15) is 0 Å². The van der Waals surface area contributed by atoms with Gasteiger partial charge in [0.05, 0.1) is 13.2 Å². The first kappa shape index (κ1) is 17.8. The number of Topliss-reactive ketones (excluding diaryl/α,β-unsaturated/α-hetero) is 1. The second kappa shape index (κ2) is 9.71. The van der Waals surface area contributed by atoms with Gasteiger partial charge in [-0.25, -0.2) is 0 Å². The maximum Gasteiger partial charge on any atom is 0.338 e. The van der Waals surface area contributed by atoms with Crippen molar-refractivity contribution in [2.75, 3.05) is 19.4 Å². The molecule has 0 rings (SSSR count). The number of ketones is 1. The smallest absolute Gasteiger partial charge is 0.309 e. The predicted octanol–water partition coefficient (Wildman–Crippen LogP) is 4.04. The molecule has 0 amide bonds. The highest BCUT2D eigenvalue weighted by atomic mass is 31.2. The Morgan fingerprint density at radius 3 is 2.17 bits per heavy atom. The van der Waals surface area contributed by atoms with Crippen molar-refractivity contribution in [2.45, 2.75) is 53.4 Å². The van der Waals surface area contributed by atoms with Crippen LogP contribution in [0.3, 0.4) is 0 Å². The highest BCUT2D eigenvalue weighted by Crippen LogP contribution is 2.48. The Morgan fingerprint density at radius 1 is 1.17 bits per heavy atom. The number of hydrogen-bond acceptors (Lipinski definition) is 4. The van der Waals surface area contributed by atoms with Gasteiger partial charge in [-0.15, -0.1) is 0 Å². The average Bonchev–Trinajstić information content (AvgIpc) is 2.26. The quantitative estimate of drug-likeness (QED) is 0.535. The zero-order chi connectivity index (χ0) is 14.0. The average molecular weight is 278 g/mol. The summed E-state index contributed by atoms with van der Waals surface area (Å²) >= 11 is 0. The van der Waals surface area contributed by atoms with Gasteiger partial charge in [0, 0.05) is 6.42 Å². The van der Waals surface area contributed by atoms with Gasteiger partial charge in [0.1, 0.15) is 11.9 Å². The molecule has 108 valence electrons. The highest BCUT2D eigenvalue weighted by Gasteiger charge is 2.27. The molecule has 0 radical (unpaired) electrons. The molecule has 0 aromatic carbocycles. The molecule has 0 unspecified atom stereocenters. The molecule has 1 atom stereocenters.